The highest BCUT2D eigenvalue weighted by atomic mass is 35.5. The van der Waals surface area contributed by atoms with E-state index >= 15 is 0 Å². The minimum atomic E-state index is -0.634. The number of nitrogens with one attached hydrogen (secondary N) is 1. The van der Waals surface area contributed by atoms with E-state index in [9.17, 15) is 9.59 Å². The first-order valence-electron chi connectivity index (χ1n) is 8.92. The van der Waals surface area contributed by atoms with Gasteiger partial charge in [-0.05, 0) is 19.1 Å². The first kappa shape index (κ1) is 21.7. The van der Waals surface area contributed by atoms with Gasteiger partial charge in [0.1, 0.15) is 12.0 Å². The predicted octanol–water partition coefficient (Wildman–Crippen LogP) is 3.36. The average Bonchev–Trinajstić information content (AvgIpc) is 3.21. The van der Waals surface area contributed by atoms with Gasteiger partial charge in [-0.15, -0.1) is 0 Å². The van der Waals surface area contributed by atoms with E-state index < -0.39 is 11.5 Å². The number of anilines is 2. The van der Waals surface area contributed by atoms with Gasteiger partial charge in [0, 0.05) is 36.2 Å². The fourth-order valence-electron chi connectivity index (χ4n) is 2.79. The quantitative estimate of drug-likeness (QED) is 0.587. The highest BCUT2D eigenvalue weighted by Crippen LogP contribution is 2.27. The standard InChI is InChI=1S/C19H19Cl2N5O4/c1-4-29-16-15(17(27)23-11-8-22-30-10-11)24-19(26(3)18(16)28)25(2)9-12-13(20)6-5-7-14(12)21/h5-8,10H,4,9H2,1-3H3,(H,23,27). The Hall–Kier alpha value is -3.04. The summed E-state index contributed by atoms with van der Waals surface area (Å²) in [5.41, 5.74) is 0.326. The number of aromatic nitrogens is 3. The molecule has 2 aromatic heterocycles. The lowest BCUT2D eigenvalue weighted by Crippen LogP contribution is -2.32. The molecular formula is C19H19Cl2N5O4. The zero-order chi connectivity index (χ0) is 21.8. The third-order valence-corrected chi connectivity index (χ3v) is 4.93. The van der Waals surface area contributed by atoms with Gasteiger partial charge in [-0.25, -0.2) is 4.98 Å². The lowest BCUT2D eigenvalue weighted by Gasteiger charge is -2.23. The summed E-state index contributed by atoms with van der Waals surface area (Å²) < 4.78 is 11.4. The molecule has 0 bridgehead atoms. The van der Waals surface area contributed by atoms with Gasteiger partial charge in [0.05, 0.1) is 12.8 Å². The molecule has 9 nitrogen and oxygen atoms in total. The molecule has 3 rings (SSSR count). The molecule has 0 saturated heterocycles. The van der Waals surface area contributed by atoms with Crippen LogP contribution in [-0.4, -0.2) is 34.3 Å². The summed E-state index contributed by atoms with van der Waals surface area (Å²) in [6, 6.07) is 5.18. The van der Waals surface area contributed by atoms with Crippen molar-refractivity contribution in [1.82, 2.24) is 14.7 Å². The lowest BCUT2D eigenvalue weighted by molar-refractivity contribution is 0.101. The Morgan fingerprint density at radius 2 is 2.03 bits per heavy atom. The number of amides is 1. The molecule has 0 radical (unpaired) electrons. The smallest absolute Gasteiger partial charge is 0.297 e. The molecule has 1 amide bonds. The highest BCUT2D eigenvalue weighted by molar-refractivity contribution is 6.36. The van der Waals surface area contributed by atoms with Crippen LogP contribution in [0.1, 0.15) is 23.0 Å². The number of hydrogen-bond donors (Lipinski definition) is 1. The predicted molar refractivity (Wildman–Crippen MR) is 114 cm³/mol. The van der Waals surface area contributed by atoms with Crippen LogP contribution < -0.4 is 20.5 Å². The summed E-state index contributed by atoms with van der Waals surface area (Å²) in [5, 5.41) is 7.06. The molecule has 0 aliphatic rings. The van der Waals surface area contributed by atoms with E-state index in [1.54, 1.807) is 44.1 Å². The maximum Gasteiger partial charge on any atom is 0.297 e. The van der Waals surface area contributed by atoms with Crippen LogP contribution in [-0.2, 0) is 13.6 Å². The van der Waals surface area contributed by atoms with Crippen molar-refractivity contribution in [3.8, 4) is 5.75 Å². The fraction of sp³-hybridized carbons (Fsp3) is 0.263. The zero-order valence-corrected chi connectivity index (χ0v) is 18.0. The van der Waals surface area contributed by atoms with Gasteiger partial charge in [0.2, 0.25) is 11.7 Å². The Kier molecular flexibility index (Phi) is 6.63. The van der Waals surface area contributed by atoms with Gasteiger partial charge < -0.3 is 19.5 Å². The molecule has 3 aromatic rings. The van der Waals surface area contributed by atoms with E-state index in [0.29, 0.717) is 21.3 Å². The molecule has 0 atom stereocenters. The molecule has 0 aliphatic heterocycles. The van der Waals surface area contributed by atoms with Crippen LogP contribution in [0.25, 0.3) is 0 Å². The van der Waals surface area contributed by atoms with Crippen LogP contribution in [0, 0.1) is 0 Å². The van der Waals surface area contributed by atoms with Gasteiger partial charge >= 0.3 is 0 Å². The van der Waals surface area contributed by atoms with E-state index in [4.69, 9.17) is 32.5 Å². The Balaban J connectivity index is 2.03. The van der Waals surface area contributed by atoms with Crippen LogP contribution in [0.15, 0.2) is 40.0 Å². The molecule has 1 aromatic carbocycles. The minimum Gasteiger partial charge on any atom is -0.486 e. The second kappa shape index (κ2) is 9.19. The number of hydrogen-bond acceptors (Lipinski definition) is 7. The second-order valence-electron chi connectivity index (χ2n) is 6.31. The number of carbonyl (C=O) groups excluding carboxylic acids is 1. The Bertz CT molecular complexity index is 1090. The largest absolute Gasteiger partial charge is 0.486 e. The molecule has 2 heterocycles. The third kappa shape index (κ3) is 4.42. The van der Waals surface area contributed by atoms with Crippen LogP contribution in [0.3, 0.4) is 0 Å². The molecular weight excluding hydrogens is 433 g/mol. The number of carbonyl (C=O) groups is 1. The summed E-state index contributed by atoms with van der Waals surface area (Å²) >= 11 is 12.5. The zero-order valence-electron chi connectivity index (χ0n) is 16.5. The van der Waals surface area contributed by atoms with Crippen molar-refractivity contribution in [2.75, 3.05) is 23.9 Å². The van der Waals surface area contributed by atoms with Crippen molar-refractivity contribution in [3.05, 3.63) is 62.3 Å². The normalized spacial score (nSPS) is 10.7. The molecule has 0 aliphatic carbocycles. The lowest BCUT2D eigenvalue weighted by atomic mass is 10.2. The Labute approximate surface area is 182 Å². The Morgan fingerprint density at radius 1 is 1.33 bits per heavy atom. The maximum absolute atomic E-state index is 12.9. The number of ether oxygens (including phenoxy) is 1. The van der Waals surface area contributed by atoms with Crippen molar-refractivity contribution in [2.45, 2.75) is 13.5 Å². The van der Waals surface area contributed by atoms with Crippen molar-refractivity contribution >= 4 is 40.7 Å². The number of nitrogens with zero attached hydrogens (tertiary/aromatic N) is 4. The van der Waals surface area contributed by atoms with Crippen molar-refractivity contribution in [2.24, 2.45) is 7.05 Å². The average molecular weight is 452 g/mol. The van der Waals surface area contributed by atoms with Gasteiger partial charge in [0.25, 0.3) is 11.5 Å². The van der Waals surface area contributed by atoms with Gasteiger partial charge in [-0.1, -0.05) is 34.4 Å². The topological polar surface area (TPSA) is 102 Å². The summed E-state index contributed by atoms with van der Waals surface area (Å²) in [4.78, 5) is 31.8. The molecule has 0 saturated carbocycles. The van der Waals surface area contributed by atoms with Crippen molar-refractivity contribution < 1.29 is 14.1 Å². The molecule has 11 heteroatoms. The maximum atomic E-state index is 12.9. The molecule has 1 N–H and O–H groups in total. The molecule has 30 heavy (non-hydrogen) atoms. The van der Waals surface area contributed by atoms with E-state index in [2.05, 4.69) is 15.5 Å². The Morgan fingerprint density at radius 3 is 2.63 bits per heavy atom. The molecule has 0 unspecified atom stereocenters. The van der Waals surface area contributed by atoms with Crippen LogP contribution >= 0.6 is 23.2 Å². The summed E-state index contributed by atoms with van der Waals surface area (Å²) in [6.07, 6.45) is 2.58. The third-order valence-electron chi connectivity index (χ3n) is 4.22. The molecule has 0 fully saturated rings. The van der Waals surface area contributed by atoms with Crippen LogP contribution in [0.4, 0.5) is 11.6 Å². The van der Waals surface area contributed by atoms with E-state index in [-0.39, 0.29) is 30.5 Å². The van der Waals surface area contributed by atoms with E-state index in [0.717, 1.165) is 0 Å². The van der Waals surface area contributed by atoms with Crippen LogP contribution in [0.5, 0.6) is 5.75 Å². The second-order valence-corrected chi connectivity index (χ2v) is 7.12. The molecule has 0 spiro atoms. The van der Waals surface area contributed by atoms with Gasteiger partial charge in [0.15, 0.2) is 5.69 Å². The summed E-state index contributed by atoms with van der Waals surface area (Å²) in [7, 11) is 3.25. The van der Waals surface area contributed by atoms with Gasteiger partial charge in [-0.2, -0.15) is 0 Å². The number of halogens is 2. The van der Waals surface area contributed by atoms with Crippen LogP contribution in [0.2, 0.25) is 10.0 Å². The van der Waals surface area contributed by atoms with Crippen molar-refractivity contribution in [3.63, 3.8) is 0 Å². The van der Waals surface area contributed by atoms with Gasteiger partial charge in [-0.3, -0.25) is 14.2 Å². The number of benzene rings is 1. The van der Waals surface area contributed by atoms with E-state index in [1.165, 1.54) is 17.0 Å². The minimum absolute atomic E-state index is 0.151. The molecule has 158 valence electrons. The SMILES string of the molecule is CCOc1c(C(=O)Nc2cnoc2)nc(N(C)Cc2c(Cl)cccc2Cl)n(C)c1=O. The van der Waals surface area contributed by atoms with Crippen molar-refractivity contribution in [1.29, 1.82) is 0 Å². The first-order valence-corrected chi connectivity index (χ1v) is 9.67. The highest BCUT2D eigenvalue weighted by Gasteiger charge is 2.24. The summed E-state index contributed by atoms with van der Waals surface area (Å²) in [5.74, 6) is -0.554. The monoisotopic (exact) mass is 451 g/mol. The van der Waals surface area contributed by atoms with E-state index in [1.807, 2.05) is 0 Å². The first-order chi connectivity index (χ1) is 14.3. The number of rotatable bonds is 7. The fourth-order valence-corrected chi connectivity index (χ4v) is 3.31. The summed E-state index contributed by atoms with van der Waals surface area (Å²) in [6.45, 7) is 2.16.